The Morgan fingerprint density at radius 2 is 1.77 bits per heavy atom. The molecule has 2 rings (SSSR count). The number of aryl methyl sites for hydroxylation is 2. The van der Waals surface area contributed by atoms with E-state index in [2.05, 4.69) is 0 Å². The third kappa shape index (κ3) is 3.49. The highest BCUT2D eigenvalue weighted by molar-refractivity contribution is 5.92. The number of rotatable bonds is 6. The predicted molar refractivity (Wildman–Crippen MR) is 82.0 cm³/mol. The van der Waals surface area contributed by atoms with Crippen LogP contribution in [0.3, 0.4) is 0 Å². The van der Waals surface area contributed by atoms with Crippen LogP contribution in [0, 0.1) is 0 Å². The molecule has 0 atom stereocenters. The smallest absolute Gasteiger partial charge is 0.339 e. The van der Waals surface area contributed by atoms with Crippen molar-refractivity contribution in [3.8, 4) is 17.2 Å². The van der Waals surface area contributed by atoms with Crippen molar-refractivity contribution in [2.75, 3.05) is 14.2 Å². The quantitative estimate of drug-likeness (QED) is 0.858. The van der Waals surface area contributed by atoms with Gasteiger partial charge in [-0.25, -0.2) is 4.79 Å². The van der Waals surface area contributed by atoms with E-state index in [9.17, 15) is 15.0 Å². The van der Waals surface area contributed by atoms with E-state index in [-0.39, 0.29) is 17.1 Å². The fourth-order valence-electron chi connectivity index (χ4n) is 2.33. The third-order valence-electron chi connectivity index (χ3n) is 3.38. The van der Waals surface area contributed by atoms with Gasteiger partial charge in [-0.05, 0) is 48.2 Å². The highest BCUT2D eigenvalue weighted by Crippen LogP contribution is 2.33. The van der Waals surface area contributed by atoms with Gasteiger partial charge in [-0.1, -0.05) is 12.1 Å². The first-order valence-electron chi connectivity index (χ1n) is 6.81. The molecular weight excluding hydrogens is 284 g/mol. The molecule has 2 aromatic carbocycles. The molecule has 0 bridgehead atoms. The van der Waals surface area contributed by atoms with Crippen molar-refractivity contribution in [2.24, 2.45) is 0 Å². The van der Waals surface area contributed by atoms with Gasteiger partial charge in [0.1, 0.15) is 11.3 Å². The molecule has 5 nitrogen and oxygen atoms in total. The number of ether oxygens (including phenoxy) is 2. The molecule has 0 spiro atoms. The van der Waals surface area contributed by atoms with Crippen molar-refractivity contribution in [3.63, 3.8) is 0 Å². The molecule has 2 N–H and O–H groups in total. The molecule has 116 valence electrons. The number of benzene rings is 2. The van der Waals surface area contributed by atoms with Crippen LogP contribution in [0.15, 0.2) is 36.4 Å². The minimum absolute atomic E-state index is 0.0766. The zero-order valence-electron chi connectivity index (χ0n) is 12.5. The van der Waals surface area contributed by atoms with Crippen molar-refractivity contribution < 1.29 is 24.5 Å². The van der Waals surface area contributed by atoms with Crippen LogP contribution in [0.1, 0.15) is 21.5 Å². The highest BCUT2D eigenvalue weighted by Gasteiger charge is 2.17. The second kappa shape index (κ2) is 6.85. The molecule has 5 heteroatoms. The summed E-state index contributed by atoms with van der Waals surface area (Å²) in [6.45, 7) is 0. The summed E-state index contributed by atoms with van der Waals surface area (Å²) in [6, 6.07) is 10.4. The Bertz CT molecular complexity index is 679. The molecule has 2 aromatic rings. The molecule has 0 aliphatic heterocycles. The number of methoxy groups -OCH3 is 2. The van der Waals surface area contributed by atoms with Crippen LogP contribution in [0.5, 0.6) is 17.2 Å². The summed E-state index contributed by atoms with van der Waals surface area (Å²) in [7, 11) is 2.89. The molecule has 0 amide bonds. The fraction of sp³-hybridized carbons (Fsp3) is 0.235. The average molecular weight is 302 g/mol. The first kappa shape index (κ1) is 15.7. The maximum absolute atomic E-state index is 11.4. The van der Waals surface area contributed by atoms with E-state index in [0.717, 1.165) is 11.1 Å². The maximum Gasteiger partial charge on any atom is 0.339 e. The SMILES string of the molecule is COc1cc(CCc2cccc(O)c2)cc(C(=O)O)c1OC. The van der Waals surface area contributed by atoms with Crippen molar-refractivity contribution in [1.29, 1.82) is 0 Å². The van der Waals surface area contributed by atoms with Crippen molar-refractivity contribution in [2.45, 2.75) is 12.8 Å². The van der Waals surface area contributed by atoms with E-state index in [0.29, 0.717) is 18.6 Å². The monoisotopic (exact) mass is 302 g/mol. The second-order valence-electron chi connectivity index (χ2n) is 4.85. The zero-order valence-corrected chi connectivity index (χ0v) is 12.5. The molecular formula is C17H18O5. The number of phenolic OH excluding ortho intramolecular Hbond substituents is 1. The molecule has 0 saturated heterocycles. The number of carboxylic acids is 1. The normalized spacial score (nSPS) is 10.3. The minimum Gasteiger partial charge on any atom is -0.508 e. The van der Waals surface area contributed by atoms with Gasteiger partial charge in [-0.3, -0.25) is 0 Å². The molecule has 0 aliphatic rings. The van der Waals surface area contributed by atoms with Crippen LogP contribution in [-0.4, -0.2) is 30.4 Å². The van der Waals surface area contributed by atoms with E-state index in [4.69, 9.17) is 9.47 Å². The van der Waals surface area contributed by atoms with Gasteiger partial charge in [0, 0.05) is 0 Å². The van der Waals surface area contributed by atoms with E-state index >= 15 is 0 Å². The predicted octanol–water partition coefficient (Wildman–Crippen LogP) is 2.89. The van der Waals surface area contributed by atoms with Crippen LogP contribution < -0.4 is 9.47 Å². The van der Waals surface area contributed by atoms with E-state index in [1.807, 2.05) is 6.07 Å². The summed E-state index contributed by atoms with van der Waals surface area (Å²) in [5, 5.41) is 18.8. The lowest BCUT2D eigenvalue weighted by Crippen LogP contribution is -2.04. The van der Waals surface area contributed by atoms with Crippen molar-refractivity contribution >= 4 is 5.97 Å². The van der Waals surface area contributed by atoms with Crippen LogP contribution in [0.4, 0.5) is 0 Å². The number of aromatic hydroxyl groups is 1. The standard InChI is InChI=1S/C17H18O5/c1-21-15-10-12(9-14(17(19)20)16(15)22-2)7-6-11-4-3-5-13(18)8-11/h3-5,8-10,18H,6-7H2,1-2H3,(H,19,20). The number of hydrogen-bond acceptors (Lipinski definition) is 4. The van der Waals surface area contributed by atoms with Gasteiger partial charge in [0.25, 0.3) is 0 Å². The average Bonchev–Trinajstić information content (AvgIpc) is 2.51. The number of carbonyl (C=O) groups is 1. The van der Waals surface area contributed by atoms with Gasteiger partial charge in [0.15, 0.2) is 11.5 Å². The number of carboxylic acid groups (broad SMARTS) is 1. The van der Waals surface area contributed by atoms with E-state index in [1.54, 1.807) is 30.3 Å². The fourth-order valence-corrected chi connectivity index (χ4v) is 2.33. The van der Waals surface area contributed by atoms with Crippen LogP contribution in [0.2, 0.25) is 0 Å². The van der Waals surface area contributed by atoms with E-state index < -0.39 is 5.97 Å². The molecule has 22 heavy (non-hydrogen) atoms. The van der Waals surface area contributed by atoms with Crippen molar-refractivity contribution in [3.05, 3.63) is 53.1 Å². The van der Waals surface area contributed by atoms with Gasteiger partial charge in [-0.2, -0.15) is 0 Å². The Kier molecular flexibility index (Phi) is 4.88. The van der Waals surface area contributed by atoms with E-state index in [1.165, 1.54) is 14.2 Å². The summed E-state index contributed by atoms with van der Waals surface area (Å²) < 4.78 is 10.3. The largest absolute Gasteiger partial charge is 0.508 e. The Morgan fingerprint density at radius 3 is 2.36 bits per heavy atom. The Balaban J connectivity index is 2.27. The summed E-state index contributed by atoms with van der Waals surface area (Å²) >= 11 is 0. The first-order chi connectivity index (χ1) is 10.5. The van der Waals surface area contributed by atoms with Crippen LogP contribution >= 0.6 is 0 Å². The molecule has 0 aromatic heterocycles. The number of hydrogen-bond donors (Lipinski definition) is 2. The third-order valence-corrected chi connectivity index (χ3v) is 3.38. The molecule has 0 radical (unpaired) electrons. The number of aromatic carboxylic acids is 1. The van der Waals surface area contributed by atoms with Crippen molar-refractivity contribution in [1.82, 2.24) is 0 Å². The van der Waals surface area contributed by atoms with Crippen LogP contribution in [-0.2, 0) is 12.8 Å². The number of phenols is 1. The van der Waals surface area contributed by atoms with Crippen LogP contribution in [0.25, 0.3) is 0 Å². The van der Waals surface area contributed by atoms with Gasteiger partial charge in [0.2, 0.25) is 0 Å². The zero-order chi connectivity index (χ0) is 16.1. The lowest BCUT2D eigenvalue weighted by molar-refractivity contribution is 0.0692. The van der Waals surface area contributed by atoms with Gasteiger partial charge < -0.3 is 19.7 Å². The molecule has 0 fully saturated rings. The highest BCUT2D eigenvalue weighted by atomic mass is 16.5. The maximum atomic E-state index is 11.4. The lowest BCUT2D eigenvalue weighted by Gasteiger charge is -2.13. The first-order valence-corrected chi connectivity index (χ1v) is 6.81. The summed E-state index contributed by atoms with van der Waals surface area (Å²) in [5.74, 6) is -0.227. The topological polar surface area (TPSA) is 76.0 Å². The van der Waals surface area contributed by atoms with Gasteiger partial charge >= 0.3 is 5.97 Å². The summed E-state index contributed by atoms with van der Waals surface area (Å²) in [6.07, 6.45) is 1.31. The molecule has 0 unspecified atom stereocenters. The Hall–Kier alpha value is -2.69. The molecule has 0 heterocycles. The summed E-state index contributed by atoms with van der Waals surface area (Å²) in [4.78, 5) is 11.4. The Morgan fingerprint density at radius 1 is 1.05 bits per heavy atom. The molecule has 0 saturated carbocycles. The second-order valence-corrected chi connectivity index (χ2v) is 4.85. The minimum atomic E-state index is -1.06. The van der Waals surface area contributed by atoms with Gasteiger partial charge in [-0.15, -0.1) is 0 Å². The summed E-state index contributed by atoms with van der Waals surface area (Å²) in [5.41, 5.74) is 1.89. The molecule has 0 aliphatic carbocycles. The lowest BCUT2D eigenvalue weighted by atomic mass is 10.0. The van der Waals surface area contributed by atoms with Gasteiger partial charge in [0.05, 0.1) is 14.2 Å². The Labute approximate surface area is 128 Å².